The number of nitrogens with zero attached hydrogens (tertiary/aromatic N) is 2. The number of carbonyl (C=O) groups excluding carboxylic acids is 1. The van der Waals surface area contributed by atoms with Gasteiger partial charge in [-0.25, -0.2) is 14.8 Å². The Morgan fingerprint density at radius 3 is 2.92 bits per heavy atom. The van der Waals surface area contributed by atoms with Gasteiger partial charge in [-0.3, -0.25) is 10.2 Å². The molecule has 1 fully saturated rings. The molecule has 0 radical (unpaired) electrons. The number of hydrazine groups is 1. The molecule has 5 nitrogen and oxygen atoms in total. The average Bonchev–Trinajstić information content (AvgIpc) is 3.30. The first-order valence-electron chi connectivity index (χ1n) is 8.44. The van der Waals surface area contributed by atoms with Crippen molar-refractivity contribution in [3.8, 4) is 0 Å². The number of hydrogen-bond acceptors (Lipinski definition) is 5. The molecule has 1 aliphatic rings. The second kappa shape index (κ2) is 7.11. The molecule has 4 rings (SSSR count). The summed E-state index contributed by atoms with van der Waals surface area (Å²) < 4.78 is 14.2. The van der Waals surface area contributed by atoms with Gasteiger partial charge in [-0.2, -0.15) is 0 Å². The molecule has 0 spiro atoms. The average molecular weight is 370 g/mol. The summed E-state index contributed by atoms with van der Waals surface area (Å²) in [5, 5.41) is 0. The van der Waals surface area contributed by atoms with E-state index in [2.05, 4.69) is 15.8 Å². The van der Waals surface area contributed by atoms with E-state index in [1.54, 1.807) is 22.5 Å². The second-order valence-corrected chi connectivity index (χ2v) is 7.42. The quantitative estimate of drug-likeness (QED) is 0.741. The zero-order valence-electron chi connectivity index (χ0n) is 14.3. The first-order valence-corrected chi connectivity index (χ1v) is 9.32. The molecular weight excluding hydrogens is 351 g/mol. The lowest BCUT2D eigenvalue weighted by atomic mass is 9.94. The summed E-state index contributed by atoms with van der Waals surface area (Å²) in [7, 11) is 1.82. The van der Waals surface area contributed by atoms with E-state index < -0.39 is 0 Å². The van der Waals surface area contributed by atoms with Crippen molar-refractivity contribution in [1.82, 2.24) is 20.7 Å². The number of carbonyl (C=O) groups is 1. The molecule has 1 amide bonds. The van der Waals surface area contributed by atoms with E-state index >= 15 is 0 Å². The minimum Gasteiger partial charge on any atom is -0.341 e. The molecule has 3 aromatic rings. The lowest BCUT2D eigenvalue weighted by molar-refractivity contribution is 0.0771. The van der Waals surface area contributed by atoms with E-state index in [-0.39, 0.29) is 23.7 Å². The third-order valence-electron chi connectivity index (χ3n) is 4.76. The highest BCUT2D eigenvalue weighted by Gasteiger charge is 2.30. The molecule has 1 saturated heterocycles. The van der Waals surface area contributed by atoms with Crippen molar-refractivity contribution >= 4 is 27.5 Å². The van der Waals surface area contributed by atoms with Crippen molar-refractivity contribution in [2.75, 3.05) is 20.1 Å². The van der Waals surface area contributed by atoms with Gasteiger partial charge in [0.05, 0.1) is 21.8 Å². The lowest BCUT2D eigenvalue weighted by Gasteiger charge is -2.25. The molecule has 1 aromatic heterocycles. The van der Waals surface area contributed by atoms with Crippen LogP contribution in [0.1, 0.15) is 22.0 Å². The van der Waals surface area contributed by atoms with Crippen molar-refractivity contribution in [3.63, 3.8) is 0 Å². The molecule has 2 aromatic carbocycles. The Hall–Kier alpha value is -2.35. The van der Waals surface area contributed by atoms with Gasteiger partial charge in [0.15, 0.2) is 0 Å². The number of fused-ring (bicyclic) bond motifs is 1. The van der Waals surface area contributed by atoms with Gasteiger partial charge in [-0.15, -0.1) is 11.3 Å². The fourth-order valence-corrected chi connectivity index (χ4v) is 4.09. The van der Waals surface area contributed by atoms with Crippen LogP contribution in [-0.2, 0) is 0 Å². The molecule has 0 saturated carbocycles. The highest BCUT2D eigenvalue weighted by molar-refractivity contribution is 7.16. The van der Waals surface area contributed by atoms with Crippen LogP contribution >= 0.6 is 11.3 Å². The van der Waals surface area contributed by atoms with Crippen LogP contribution in [0.15, 0.2) is 48.0 Å². The van der Waals surface area contributed by atoms with Crippen LogP contribution in [0.3, 0.4) is 0 Å². The van der Waals surface area contributed by atoms with Crippen LogP contribution in [0.2, 0.25) is 0 Å². The third kappa shape index (κ3) is 3.33. The number of rotatable bonds is 4. The van der Waals surface area contributed by atoms with Gasteiger partial charge in [0.2, 0.25) is 0 Å². The number of aromatic nitrogens is 1. The Kier molecular flexibility index (Phi) is 4.67. The Morgan fingerprint density at radius 2 is 2.12 bits per heavy atom. The van der Waals surface area contributed by atoms with Crippen LogP contribution in [0.5, 0.6) is 0 Å². The molecule has 2 atom stereocenters. The third-order valence-corrected chi connectivity index (χ3v) is 5.55. The Labute approximate surface area is 154 Å². The summed E-state index contributed by atoms with van der Waals surface area (Å²) in [5.74, 6) is -0.0615. The van der Waals surface area contributed by atoms with Crippen molar-refractivity contribution < 1.29 is 9.18 Å². The molecule has 7 heteroatoms. The predicted molar refractivity (Wildman–Crippen MR) is 100 cm³/mol. The van der Waals surface area contributed by atoms with Gasteiger partial charge in [-0.1, -0.05) is 12.1 Å². The van der Waals surface area contributed by atoms with E-state index in [9.17, 15) is 9.18 Å². The molecule has 2 unspecified atom stereocenters. The van der Waals surface area contributed by atoms with Gasteiger partial charge in [0.25, 0.3) is 5.91 Å². The van der Waals surface area contributed by atoms with Gasteiger partial charge in [0.1, 0.15) is 5.82 Å². The van der Waals surface area contributed by atoms with Crippen molar-refractivity contribution in [2.45, 2.75) is 6.04 Å². The second-order valence-electron chi connectivity index (χ2n) is 6.54. The number of amides is 1. The monoisotopic (exact) mass is 370 g/mol. The summed E-state index contributed by atoms with van der Waals surface area (Å²) >= 11 is 1.53. The highest BCUT2D eigenvalue weighted by Crippen LogP contribution is 2.26. The standard InChI is InChI=1S/C19H19FN4OS/c1-24(19(25)13-4-7-16-17(8-13)26-11-21-16)10-14-9-22-23-18(14)12-2-5-15(20)6-3-12/h2-8,11,14,18,22-23H,9-10H2,1H3. The largest absolute Gasteiger partial charge is 0.341 e. The maximum atomic E-state index is 13.2. The smallest absolute Gasteiger partial charge is 0.253 e. The number of thiazole rings is 1. The lowest BCUT2D eigenvalue weighted by Crippen LogP contribution is -2.34. The minimum atomic E-state index is -0.248. The Bertz CT molecular complexity index is 927. The first kappa shape index (κ1) is 17.1. The first-order chi connectivity index (χ1) is 12.6. The summed E-state index contributed by atoms with van der Waals surface area (Å²) in [6.45, 7) is 1.34. The van der Waals surface area contributed by atoms with E-state index in [1.807, 2.05) is 25.2 Å². The number of benzene rings is 2. The van der Waals surface area contributed by atoms with Gasteiger partial charge in [0, 0.05) is 31.6 Å². The van der Waals surface area contributed by atoms with Crippen LogP contribution in [-0.4, -0.2) is 35.9 Å². The number of halogens is 1. The Balaban J connectivity index is 1.48. The fourth-order valence-electron chi connectivity index (χ4n) is 3.37. The van der Waals surface area contributed by atoms with Crippen LogP contribution in [0.25, 0.3) is 10.2 Å². The Morgan fingerprint density at radius 1 is 1.31 bits per heavy atom. The minimum absolute atomic E-state index is 0.00921. The molecule has 2 heterocycles. The molecule has 1 aliphatic heterocycles. The molecular formula is C19H19FN4OS. The van der Waals surface area contributed by atoms with Crippen LogP contribution in [0.4, 0.5) is 4.39 Å². The topological polar surface area (TPSA) is 57.3 Å². The van der Waals surface area contributed by atoms with E-state index in [4.69, 9.17) is 0 Å². The SMILES string of the molecule is CN(CC1CNNC1c1ccc(F)cc1)C(=O)c1ccc2ncsc2c1. The highest BCUT2D eigenvalue weighted by atomic mass is 32.1. The molecule has 26 heavy (non-hydrogen) atoms. The zero-order valence-corrected chi connectivity index (χ0v) is 15.1. The van der Waals surface area contributed by atoms with E-state index in [0.29, 0.717) is 12.1 Å². The number of nitrogens with one attached hydrogen (secondary N) is 2. The van der Waals surface area contributed by atoms with E-state index in [1.165, 1.54) is 23.5 Å². The summed E-state index contributed by atoms with van der Waals surface area (Å²) in [6, 6.07) is 12.1. The van der Waals surface area contributed by atoms with Crippen LogP contribution in [0, 0.1) is 11.7 Å². The maximum absolute atomic E-state index is 13.2. The van der Waals surface area contributed by atoms with Crippen molar-refractivity contribution in [2.24, 2.45) is 5.92 Å². The normalized spacial score (nSPS) is 19.8. The van der Waals surface area contributed by atoms with Crippen molar-refractivity contribution in [1.29, 1.82) is 0 Å². The molecule has 2 N–H and O–H groups in total. The van der Waals surface area contributed by atoms with Crippen LogP contribution < -0.4 is 10.9 Å². The molecule has 134 valence electrons. The summed E-state index contributed by atoms with van der Waals surface area (Å²) in [6.07, 6.45) is 0. The van der Waals surface area contributed by atoms with Gasteiger partial charge in [-0.05, 0) is 35.9 Å². The summed E-state index contributed by atoms with van der Waals surface area (Å²) in [4.78, 5) is 18.8. The predicted octanol–water partition coefficient (Wildman–Crippen LogP) is 2.97. The van der Waals surface area contributed by atoms with Crippen molar-refractivity contribution in [3.05, 3.63) is 64.9 Å². The zero-order chi connectivity index (χ0) is 18.1. The maximum Gasteiger partial charge on any atom is 0.253 e. The molecule has 0 bridgehead atoms. The summed E-state index contributed by atoms with van der Waals surface area (Å²) in [5.41, 5.74) is 10.8. The van der Waals surface area contributed by atoms with Gasteiger partial charge >= 0.3 is 0 Å². The fraction of sp³-hybridized carbons (Fsp3) is 0.263. The van der Waals surface area contributed by atoms with E-state index in [0.717, 1.165) is 22.3 Å². The number of hydrogen-bond donors (Lipinski definition) is 2. The van der Waals surface area contributed by atoms with Gasteiger partial charge < -0.3 is 4.90 Å². The molecule has 0 aliphatic carbocycles.